The van der Waals surface area contributed by atoms with Crippen LogP contribution in [-0.2, 0) is 0 Å². The molecule has 2 rings (SSSR count). The number of aromatic amines is 1. The largest absolute Gasteiger partial charge is 0.382 e. The van der Waals surface area contributed by atoms with Gasteiger partial charge >= 0.3 is 0 Å². The number of anilines is 1. The molecular weight excluding hydrogens is 314 g/mol. The average Bonchev–Trinajstić information content (AvgIpc) is 2.80. The summed E-state index contributed by atoms with van der Waals surface area (Å²) >= 11 is 1.12. The lowest BCUT2D eigenvalue weighted by Crippen LogP contribution is -2.07. The smallest absolute Gasteiger partial charge is 0.189 e. The van der Waals surface area contributed by atoms with Crippen molar-refractivity contribution in [2.45, 2.75) is 25.9 Å². The zero-order valence-corrected chi connectivity index (χ0v) is 13.7. The number of aromatic nitrogens is 3. The minimum absolute atomic E-state index is 0.0776. The molecule has 0 saturated heterocycles. The molecule has 8 heteroatoms. The lowest BCUT2D eigenvalue weighted by molar-refractivity contribution is 0.101. The molecule has 3 N–H and O–H groups in total. The Labute approximate surface area is 137 Å². The first-order valence-corrected chi connectivity index (χ1v) is 7.72. The van der Waals surface area contributed by atoms with Crippen LogP contribution in [-0.4, -0.2) is 32.3 Å². The fraction of sp³-hybridized carbons (Fsp3) is 0.267. The van der Waals surface area contributed by atoms with Crippen LogP contribution >= 0.6 is 11.8 Å². The van der Waals surface area contributed by atoms with Gasteiger partial charge in [0.15, 0.2) is 16.7 Å². The molecular formula is C15H15N5O2S. The van der Waals surface area contributed by atoms with Gasteiger partial charge in [-0.25, -0.2) is 9.97 Å². The lowest BCUT2D eigenvalue weighted by Gasteiger charge is -2.02. The highest BCUT2D eigenvalue weighted by Gasteiger charge is 2.20. The number of nitriles is 1. The number of nitrogens with two attached hydrogens (primary N) is 1. The van der Waals surface area contributed by atoms with Gasteiger partial charge in [-0.15, -0.1) is 0 Å². The number of nitrogens with zero attached hydrogens (tertiary/aromatic N) is 3. The van der Waals surface area contributed by atoms with Crippen molar-refractivity contribution in [1.29, 1.82) is 5.26 Å². The number of H-pyrrole nitrogens is 1. The van der Waals surface area contributed by atoms with Crippen LogP contribution in [0.2, 0.25) is 0 Å². The van der Waals surface area contributed by atoms with Crippen LogP contribution in [0.15, 0.2) is 11.4 Å². The van der Waals surface area contributed by atoms with Crippen LogP contribution in [0.4, 0.5) is 5.82 Å². The zero-order chi connectivity index (χ0) is 17.1. The molecule has 2 heterocycles. The quantitative estimate of drug-likeness (QED) is 0.488. The summed E-state index contributed by atoms with van der Waals surface area (Å²) in [4.78, 5) is 34.9. The molecule has 2 aromatic heterocycles. The van der Waals surface area contributed by atoms with Crippen LogP contribution in [0.3, 0.4) is 0 Å². The molecule has 0 radical (unpaired) electrons. The summed E-state index contributed by atoms with van der Waals surface area (Å²) in [6, 6.07) is 1.88. The Balaban J connectivity index is 2.15. The number of aryl methyl sites for hydroxylation is 1. The minimum atomic E-state index is -0.158. The molecule has 0 amide bonds. The number of carbonyl (C=O) groups excluding carboxylic acids is 2. The van der Waals surface area contributed by atoms with E-state index in [1.54, 1.807) is 13.8 Å². The van der Waals surface area contributed by atoms with Crippen molar-refractivity contribution in [3.05, 3.63) is 34.3 Å². The number of hydrogen-bond donors (Lipinski definition) is 2. The molecule has 0 saturated carbocycles. The standard InChI is InChI=1S/C15H15N5O2S/c1-7-12(9(3)21)8(2)19-13(7)11(22)6-23-15-18-5-10(4-16)14(17)20-15/h5,19H,6H2,1-3H3,(H2,17,18,20). The van der Waals surface area contributed by atoms with Crippen molar-refractivity contribution >= 4 is 29.1 Å². The van der Waals surface area contributed by atoms with Gasteiger partial charge in [0, 0.05) is 11.3 Å². The summed E-state index contributed by atoms with van der Waals surface area (Å²) < 4.78 is 0. The summed E-state index contributed by atoms with van der Waals surface area (Å²) in [6.45, 7) is 4.98. The second kappa shape index (κ2) is 6.62. The first-order chi connectivity index (χ1) is 10.8. The van der Waals surface area contributed by atoms with E-state index in [0.717, 1.165) is 11.8 Å². The van der Waals surface area contributed by atoms with E-state index < -0.39 is 0 Å². The van der Waals surface area contributed by atoms with Crippen LogP contribution in [0, 0.1) is 25.2 Å². The Morgan fingerprint density at radius 2 is 2.13 bits per heavy atom. The van der Waals surface area contributed by atoms with Crippen LogP contribution in [0.5, 0.6) is 0 Å². The van der Waals surface area contributed by atoms with E-state index in [1.165, 1.54) is 13.1 Å². The van der Waals surface area contributed by atoms with Crippen LogP contribution < -0.4 is 5.73 Å². The van der Waals surface area contributed by atoms with Crippen molar-refractivity contribution in [1.82, 2.24) is 15.0 Å². The van der Waals surface area contributed by atoms with Gasteiger partial charge in [-0.05, 0) is 26.3 Å². The number of ketones is 2. The molecule has 0 unspecified atom stereocenters. The van der Waals surface area contributed by atoms with Crippen LogP contribution in [0.1, 0.15) is 44.6 Å². The summed E-state index contributed by atoms with van der Waals surface area (Å²) in [5.74, 6) is -0.0484. The van der Waals surface area contributed by atoms with Gasteiger partial charge in [-0.3, -0.25) is 9.59 Å². The van der Waals surface area contributed by atoms with E-state index in [1.807, 2.05) is 6.07 Å². The second-order valence-electron chi connectivity index (χ2n) is 4.96. The van der Waals surface area contributed by atoms with Crippen molar-refractivity contribution in [3.63, 3.8) is 0 Å². The fourth-order valence-electron chi connectivity index (χ4n) is 2.29. The monoisotopic (exact) mass is 329 g/mol. The van der Waals surface area contributed by atoms with E-state index in [4.69, 9.17) is 11.0 Å². The van der Waals surface area contributed by atoms with E-state index in [0.29, 0.717) is 27.7 Å². The highest BCUT2D eigenvalue weighted by Crippen LogP contribution is 2.22. The summed E-state index contributed by atoms with van der Waals surface area (Å²) in [5.41, 5.74) is 8.12. The van der Waals surface area contributed by atoms with E-state index in [-0.39, 0.29) is 28.7 Å². The Morgan fingerprint density at radius 1 is 1.43 bits per heavy atom. The number of rotatable bonds is 5. The van der Waals surface area contributed by atoms with Gasteiger partial charge < -0.3 is 10.7 Å². The fourth-order valence-corrected chi connectivity index (χ4v) is 2.99. The number of nitrogen functional groups attached to an aromatic ring is 1. The van der Waals surface area contributed by atoms with Gasteiger partial charge in [0.25, 0.3) is 0 Å². The molecule has 0 aliphatic heterocycles. The highest BCUT2D eigenvalue weighted by molar-refractivity contribution is 7.99. The zero-order valence-electron chi connectivity index (χ0n) is 12.9. The molecule has 2 aromatic rings. The average molecular weight is 329 g/mol. The van der Waals surface area contributed by atoms with Crippen molar-refractivity contribution in [2.75, 3.05) is 11.5 Å². The third-order valence-electron chi connectivity index (χ3n) is 3.32. The summed E-state index contributed by atoms with van der Waals surface area (Å²) in [7, 11) is 0. The van der Waals surface area contributed by atoms with Crippen LogP contribution in [0.25, 0.3) is 0 Å². The predicted molar refractivity (Wildman–Crippen MR) is 86.5 cm³/mol. The van der Waals surface area contributed by atoms with E-state index >= 15 is 0 Å². The van der Waals surface area contributed by atoms with E-state index in [9.17, 15) is 9.59 Å². The molecule has 0 bridgehead atoms. The third-order valence-corrected chi connectivity index (χ3v) is 4.18. The highest BCUT2D eigenvalue weighted by atomic mass is 32.2. The maximum atomic E-state index is 12.3. The number of hydrogen-bond acceptors (Lipinski definition) is 7. The minimum Gasteiger partial charge on any atom is -0.382 e. The maximum Gasteiger partial charge on any atom is 0.189 e. The lowest BCUT2D eigenvalue weighted by atomic mass is 10.1. The number of nitrogens with one attached hydrogen (secondary N) is 1. The molecule has 0 aliphatic carbocycles. The second-order valence-corrected chi connectivity index (χ2v) is 5.90. The number of Topliss-reactive ketones (excluding diaryl/α,β-unsaturated/α-hetero) is 2. The maximum absolute atomic E-state index is 12.3. The first-order valence-electron chi connectivity index (χ1n) is 6.73. The topological polar surface area (TPSA) is 126 Å². The molecule has 0 aliphatic rings. The first kappa shape index (κ1) is 16.7. The molecule has 0 spiro atoms. The number of carbonyl (C=O) groups is 2. The Hall–Kier alpha value is -2.66. The molecule has 0 atom stereocenters. The molecule has 23 heavy (non-hydrogen) atoms. The van der Waals surface area contributed by atoms with Crippen molar-refractivity contribution in [2.24, 2.45) is 0 Å². The van der Waals surface area contributed by atoms with Gasteiger partial charge in [-0.1, -0.05) is 11.8 Å². The molecule has 0 fully saturated rings. The van der Waals surface area contributed by atoms with Crippen molar-refractivity contribution < 1.29 is 9.59 Å². The Kier molecular flexibility index (Phi) is 4.81. The van der Waals surface area contributed by atoms with Gasteiger partial charge in [0.1, 0.15) is 17.5 Å². The van der Waals surface area contributed by atoms with Gasteiger partial charge in [-0.2, -0.15) is 5.26 Å². The predicted octanol–water partition coefficient (Wildman–Crippen LogP) is 2.05. The Bertz CT molecular complexity index is 835. The summed E-state index contributed by atoms with van der Waals surface area (Å²) in [6.07, 6.45) is 1.33. The van der Waals surface area contributed by atoms with Gasteiger partial charge in [0.05, 0.1) is 17.6 Å². The normalized spacial score (nSPS) is 10.3. The third kappa shape index (κ3) is 3.40. The van der Waals surface area contributed by atoms with Crippen molar-refractivity contribution in [3.8, 4) is 6.07 Å². The van der Waals surface area contributed by atoms with Gasteiger partial charge in [0.2, 0.25) is 0 Å². The SMILES string of the molecule is CC(=O)c1c(C)[nH]c(C(=O)CSc2ncc(C#N)c(N)n2)c1C. The Morgan fingerprint density at radius 3 is 2.65 bits per heavy atom. The molecule has 118 valence electrons. The molecule has 7 nitrogen and oxygen atoms in total. The van der Waals surface area contributed by atoms with E-state index in [2.05, 4.69) is 15.0 Å². The number of thioether (sulfide) groups is 1. The summed E-state index contributed by atoms with van der Waals surface area (Å²) in [5, 5.41) is 9.10. The molecule has 0 aromatic carbocycles.